The fourth-order valence-corrected chi connectivity index (χ4v) is 2.10. The lowest BCUT2D eigenvalue weighted by Gasteiger charge is -2.48. The SMILES string of the molecule is COCc1cccc(OC2CC(O)C2(C)C)c1. The number of rotatable bonds is 4. The highest BCUT2D eigenvalue weighted by molar-refractivity contribution is 5.28. The van der Waals surface area contributed by atoms with E-state index >= 15 is 0 Å². The minimum Gasteiger partial charge on any atom is -0.490 e. The molecule has 3 heteroatoms. The number of aliphatic hydroxyl groups excluding tert-OH is 1. The Morgan fingerprint density at radius 3 is 2.76 bits per heavy atom. The first-order chi connectivity index (χ1) is 8.04. The van der Waals surface area contributed by atoms with Crippen LogP contribution in [0, 0.1) is 5.41 Å². The molecule has 1 N–H and O–H groups in total. The van der Waals surface area contributed by atoms with Gasteiger partial charge in [-0.15, -0.1) is 0 Å². The first kappa shape index (κ1) is 12.4. The zero-order valence-electron chi connectivity index (χ0n) is 10.6. The van der Waals surface area contributed by atoms with E-state index in [1.165, 1.54) is 0 Å². The maximum Gasteiger partial charge on any atom is 0.120 e. The molecule has 2 rings (SSSR count). The third-order valence-corrected chi connectivity index (χ3v) is 3.61. The standard InChI is InChI=1S/C14H20O3/c1-14(2)12(15)8-13(14)17-11-6-4-5-10(7-11)9-16-3/h4-7,12-13,15H,8-9H2,1-3H3. The van der Waals surface area contributed by atoms with E-state index in [4.69, 9.17) is 9.47 Å². The van der Waals surface area contributed by atoms with E-state index in [9.17, 15) is 5.11 Å². The van der Waals surface area contributed by atoms with Crippen molar-refractivity contribution in [3.05, 3.63) is 29.8 Å². The summed E-state index contributed by atoms with van der Waals surface area (Å²) in [6.45, 7) is 4.66. The molecule has 0 amide bonds. The molecule has 1 saturated carbocycles. The van der Waals surface area contributed by atoms with Gasteiger partial charge >= 0.3 is 0 Å². The monoisotopic (exact) mass is 236 g/mol. The van der Waals surface area contributed by atoms with Gasteiger partial charge in [0.05, 0.1) is 12.7 Å². The average molecular weight is 236 g/mol. The summed E-state index contributed by atoms with van der Waals surface area (Å²) in [7, 11) is 1.68. The Hall–Kier alpha value is -1.06. The molecule has 0 aliphatic heterocycles. The van der Waals surface area contributed by atoms with Crippen molar-refractivity contribution < 1.29 is 14.6 Å². The first-order valence-electron chi connectivity index (χ1n) is 5.96. The van der Waals surface area contributed by atoms with Crippen LogP contribution in [0.3, 0.4) is 0 Å². The van der Waals surface area contributed by atoms with Gasteiger partial charge in [-0.2, -0.15) is 0 Å². The van der Waals surface area contributed by atoms with Crippen molar-refractivity contribution in [2.75, 3.05) is 7.11 Å². The maximum atomic E-state index is 9.66. The van der Waals surface area contributed by atoms with Crippen molar-refractivity contribution in [3.8, 4) is 5.75 Å². The zero-order chi connectivity index (χ0) is 12.5. The molecule has 3 nitrogen and oxygen atoms in total. The van der Waals surface area contributed by atoms with E-state index in [2.05, 4.69) is 0 Å². The van der Waals surface area contributed by atoms with Crippen LogP contribution in [0.15, 0.2) is 24.3 Å². The number of methoxy groups -OCH3 is 1. The normalized spacial score (nSPS) is 26.4. The summed E-state index contributed by atoms with van der Waals surface area (Å²) in [5, 5.41) is 9.66. The molecule has 0 radical (unpaired) electrons. The Bertz CT molecular complexity index is 387. The molecule has 0 saturated heterocycles. The van der Waals surface area contributed by atoms with E-state index in [-0.39, 0.29) is 17.6 Å². The predicted molar refractivity (Wildman–Crippen MR) is 66.0 cm³/mol. The summed E-state index contributed by atoms with van der Waals surface area (Å²) in [6, 6.07) is 7.91. The van der Waals surface area contributed by atoms with Crippen molar-refractivity contribution in [3.63, 3.8) is 0 Å². The van der Waals surface area contributed by atoms with Gasteiger partial charge in [0.1, 0.15) is 11.9 Å². The third kappa shape index (κ3) is 2.45. The van der Waals surface area contributed by atoms with Gasteiger partial charge in [-0.25, -0.2) is 0 Å². The van der Waals surface area contributed by atoms with Gasteiger partial charge in [-0.1, -0.05) is 26.0 Å². The smallest absolute Gasteiger partial charge is 0.120 e. The maximum absolute atomic E-state index is 9.66. The van der Waals surface area contributed by atoms with Crippen LogP contribution in [0.4, 0.5) is 0 Å². The first-order valence-corrected chi connectivity index (χ1v) is 5.96. The number of hydrogen-bond acceptors (Lipinski definition) is 3. The highest BCUT2D eigenvalue weighted by atomic mass is 16.5. The van der Waals surface area contributed by atoms with Gasteiger partial charge in [0.25, 0.3) is 0 Å². The van der Waals surface area contributed by atoms with Crippen molar-refractivity contribution >= 4 is 0 Å². The molecular formula is C14H20O3. The van der Waals surface area contributed by atoms with Gasteiger partial charge in [0, 0.05) is 18.9 Å². The van der Waals surface area contributed by atoms with Crippen LogP contribution >= 0.6 is 0 Å². The quantitative estimate of drug-likeness (QED) is 0.872. The fourth-order valence-electron chi connectivity index (χ4n) is 2.10. The molecule has 1 aromatic carbocycles. The third-order valence-electron chi connectivity index (χ3n) is 3.61. The highest BCUT2D eigenvalue weighted by Gasteiger charge is 2.49. The molecular weight excluding hydrogens is 216 g/mol. The lowest BCUT2D eigenvalue weighted by atomic mass is 9.66. The van der Waals surface area contributed by atoms with Crippen LogP contribution in [0.2, 0.25) is 0 Å². The average Bonchev–Trinajstić information content (AvgIpc) is 2.30. The lowest BCUT2D eigenvalue weighted by molar-refractivity contribution is -0.134. The van der Waals surface area contributed by atoms with Crippen LogP contribution in [0.25, 0.3) is 0 Å². The van der Waals surface area contributed by atoms with Gasteiger partial charge in [0.15, 0.2) is 0 Å². The van der Waals surface area contributed by atoms with Crippen LogP contribution < -0.4 is 4.74 Å². The molecule has 1 aliphatic rings. The Labute approximate surface area is 102 Å². The summed E-state index contributed by atoms with van der Waals surface area (Å²) in [5.74, 6) is 0.851. The molecule has 0 bridgehead atoms. The topological polar surface area (TPSA) is 38.7 Å². The van der Waals surface area contributed by atoms with Crippen molar-refractivity contribution in [1.29, 1.82) is 0 Å². The van der Waals surface area contributed by atoms with Crippen LogP contribution in [0.1, 0.15) is 25.8 Å². The second-order valence-electron chi connectivity index (χ2n) is 5.26. The van der Waals surface area contributed by atoms with Crippen molar-refractivity contribution in [1.82, 2.24) is 0 Å². The summed E-state index contributed by atoms with van der Waals surface area (Å²) < 4.78 is 11.0. The fraction of sp³-hybridized carbons (Fsp3) is 0.571. The molecule has 2 unspecified atom stereocenters. The van der Waals surface area contributed by atoms with E-state index < -0.39 is 0 Å². The minimum absolute atomic E-state index is 0.0929. The van der Waals surface area contributed by atoms with E-state index in [1.54, 1.807) is 7.11 Å². The summed E-state index contributed by atoms with van der Waals surface area (Å²) >= 11 is 0. The second kappa shape index (κ2) is 4.67. The molecule has 1 aromatic rings. The van der Waals surface area contributed by atoms with Crippen molar-refractivity contribution in [2.45, 2.75) is 39.1 Å². The Kier molecular flexibility index (Phi) is 3.40. The molecule has 0 aromatic heterocycles. The van der Waals surface area contributed by atoms with Gasteiger partial charge < -0.3 is 14.6 Å². The van der Waals surface area contributed by atoms with Gasteiger partial charge in [-0.05, 0) is 17.7 Å². The number of hydrogen-bond donors (Lipinski definition) is 1. The van der Waals surface area contributed by atoms with E-state index in [1.807, 2.05) is 38.1 Å². The molecule has 0 heterocycles. The Morgan fingerprint density at radius 1 is 1.41 bits per heavy atom. The molecule has 1 fully saturated rings. The summed E-state index contributed by atoms with van der Waals surface area (Å²) in [5.41, 5.74) is 0.944. The highest BCUT2D eigenvalue weighted by Crippen LogP contribution is 2.42. The largest absolute Gasteiger partial charge is 0.490 e. The number of benzene rings is 1. The van der Waals surface area contributed by atoms with E-state index in [0.29, 0.717) is 13.0 Å². The van der Waals surface area contributed by atoms with Crippen molar-refractivity contribution in [2.24, 2.45) is 5.41 Å². The van der Waals surface area contributed by atoms with Crippen LogP contribution in [-0.4, -0.2) is 24.4 Å². The molecule has 94 valence electrons. The second-order valence-corrected chi connectivity index (χ2v) is 5.26. The lowest BCUT2D eigenvalue weighted by Crippen LogP contribution is -2.56. The molecule has 1 aliphatic carbocycles. The molecule has 2 atom stereocenters. The summed E-state index contributed by atoms with van der Waals surface area (Å²) in [4.78, 5) is 0. The molecule has 17 heavy (non-hydrogen) atoms. The van der Waals surface area contributed by atoms with Crippen LogP contribution in [0.5, 0.6) is 5.75 Å². The Morgan fingerprint density at radius 2 is 2.18 bits per heavy atom. The predicted octanol–water partition coefficient (Wildman–Crippen LogP) is 2.37. The van der Waals surface area contributed by atoms with Gasteiger partial charge in [0.2, 0.25) is 0 Å². The van der Waals surface area contributed by atoms with Crippen LogP contribution in [-0.2, 0) is 11.3 Å². The number of aliphatic hydroxyl groups is 1. The number of ether oxygens (including phenoxy) is 2. The Balaban J connectivity index is 2.02. The minimum atomic E-state index is -0.255. The zero-order valence-corrected chi connectivity index (χ0v) is 10.6. The summed E-state index contributed by atoms with van der Waals surface area (Å²) in [6.07, 6.45) is 0.548. The van der Waals surface area contributed by atoms with E-state index in [0.717, 1.165) is 11.3 Å². The molecule has 0 spiro atoms. The van der Waals surface area contributed by atoms with Gasteiger partial charge in [-0.3, -0.25) is 0 Å².